The summed E-state index contributed by atoms with van der Waals surface area (Å²) < 4.78 is 30.1. The lowest BCUT2D eigenvalue weighted by atomic mass is 10.4. The van der Waals surface area contributed by atoms with E-state index in [4.69, 9.17) is 4.42 Å². The van der Waals surface area contributed by atoms with Crippen LogP contribution in [-0.2, 0) is 16.6 Å². The average Bonchev–Trinajstić information content (AvgIpc) is 2.95. The van der Waals surface area contributed by atoms with Crippen LogP contribution in [-0.4, -0.2) is 40.3 Å². The Morgan fingerprint density at radius 2 is 2.10 bits per heavy atom. The number of furan rings is 1. The average molecular weight is 430 g/mol. The van der Waals surface area contributed by atoms with Crippen molar-refractivity contribution in [3.8, 4) is 0 Å². The molecule has 0 bridgehead atoms. The van der Waals surface area contributed by atoms with Gasteiger partial charge in [0.15, 0.2) is 5.96 Å². The van der Waals surface area contributed by atoms with E-state index in [9.17, 15) is 8.42 Å². The van der Waals surface area contributed by atoms with Gasteiger partial charge in [0.1, 0.15) is 5.76 Å². The third kappa shape index (κ3) is 8.94. The number of sulfonamides is 1. The van der Waals surface area contributed by atoms with Gasteiger partial charge in [-0.15, -0.1) is 24.0 Å². The Bertz CT molecular complexity index is 503. The third-order valence-electron chi connectivity index (χ3n) is 2.58. The molecule has 9 heteroatoms. The Labute approximate surface area is 143 Å². The van der Waals surface area contributed by atoms with Crippen LogP contribution < -0.4 is 15.4 Å². The zero-order valence-corrected chi connectivity index (χ0v) is 15.4. The number of aliphatic imine (C=N–C) groups is 1. The molecule has 0 aromatic carbocycles. The molecule has 0 unspecified atom stereocenters. The lowest BCUT2D eigenvalue weighted by Crippen LogP contribution is -2.38. The monoisotopic (exact) mass is 430 g/mol. The second kappa shape index (κ2) is 10.9. The third-order valence-corrected chi connectivity index (χ3v) is 3.99. The number of nitrogens with zero attached hydrogens (tertiary/aromatic N) is 1. The van der Waals surface area contributed by atoms with Crippen molar-refractivity contribution in [2.24, 2.45) is 4.99 Å². The normalized spacial score (nSPS) is 11.8. The van der Waals surface area contributed by atoms with Gasteiger partial charge in [0.05, 0.1) is 18.6 Å². The van der Waals surface area contributed by atoms with Gasteiger partial charge in [-0.2, -0.15) is 0 Å². The first kappa shape index (κ1) is 20.2. The predicted molar refractivity (Wildman–Crippen MR) is 94.4 cm³/mol. The molecule has 0 aliphatic rings. The highest BCUT2D eigenvalue weighted by Crippen LogP contribution is 1.98. The van der Waals surface area contributed by atoms with Crippen molar-refractivity contribution < 1.29 is 12.8 Å². The molecule has 0 fully saturated rings. The summed E-state index contributed by atoms with van der Waals surface area (Å²) in [7, 11) is -1.42. The minimum Gasteiger partial charge on any atom is -0.467 e. The van der Waals surface area contributed by atoms with Crippen LogP contribution in [0.5, 0.6) is 0 Å². The van der Waals surface area contributed by atoms with E-state index < -0.39 is 10.0 Å². The first-order valence-electron chi connectivity index (χ1n) is 6.51. The lowest BCUT2D eigenvalue weighted by molar-refractivity contribution is 0.501. The van der Waals surface area contributed by atoms with Crippen molar-refractivity contribution in [1.82, 2.24) is 15.4 Å². The minimum absolute atomic E-state index is 0. The summed E-state index contributed by atoms with van der Waals surface area (Å²) in [4.78, 5) is 4.06. The molecule has 0 amide bonds. The molecule has 1 aromatic heterocycles. The zero-order valence-electron chi connectivity index (χ0n) is 12.3. The van der Waals surface area contributed by atoms with Crippen molar-refractivity contribution >= 4 is 40.0 Å². The standard InChI is InChI=1S/C12H22N4O3S.HI/c1-3-20(17,18)16-8-5-7-14-12(13-2)15-10-11-6-4-9-19-11;/h4,6,9,16H,3,5,7-8,10H2,1-2H3,(H2,13,14,15);1H. The fourth-order valence-corrected chi connectivity index (χ4v) is 2.09. The molecule has 122 valence electrons. The van der Waals surface area contributed by atoms with E-state index in [1.807, 2.05) is 12.1 Å². The SMILES string of the molecule is CCS(=O)(=O)NCCCNC(=NC)NCc1ccco1.I. The van der Waals surface area contributed by atoms with Crippen molar-refractivity contribution in [3.05, 3.63) is 24.2 Å². The van der Waals surface area contributed by atoms with E-state index in [0.717, 1.165) is 5.76 Å². The van der Waals surface area contributed by atoms with E-state index >= 15 is 0 Å². The van der Waals surface area contributed by atoms with Gasteiger partial charge in [0.25, 0.3) is 0 Å². The van der Waals surface area contributed by atoms with Crippen molar-refractivity contribution in [2.45, 2.75) is 19.9 Å². The number of hydrogen-bond acceptors (Lipinski definition) is 4. The predicted octanol–water partition coefficient (Wildman–Crippen LogP) is 0.892. The van der Waals surface area contributed by atoms with Gasteiger partial charge in [-0.25, -0.2) is 13.1 Å². The summed E-state index contributed by atoms with van der Waals surface area (Å²) in [6, 6.07) is 3.70. The summed E-state index contributed by atoms with van der Waals surface area (Å²) in [6.07, 6.45) is 2.30. The molecule has 0 atom stereocenters. The summed E-state index contributed by atoms with van der Waals surface area (Å²) in [5, 5.41) is 6.20. The molecule has 0 saturated carbocycles. The van der Waals surface area contributed by atoms with Crippen molar-refractivity contribution in [3.63, 3.8) is 0 Å². The van der Waals surface area contributed by atoms with Gasteiger partial charge in [-0.3, -0.25) is 4.99 Å². The van der Waals surface area contributed by atoms with Crippen LogP contribution in [0.25, 0.3) is 0 Å². The minimum atomic E-state index is -3.10. The number of guanidine groups is 1. The smallest absolute Gasteiger partial charge is 0.211 e. The Morgan fingerprint density at radius 1 is 1.33 bits per heavy atom. The molecule has 0 aliphatic heterocycles. The van der Waals surface area contributed by atoms with Crippen molar-refractivity contribution in [2.75, 3.05) is 25.9 Å². The van der Waals surface area contributed by atoms with Gasteiger partial charge in [0.2, 0.25) is 10.0 Å². The molecule has 3 N–H and O–H groups in total. The number of hydrogen-bond donors (Lipinski definition) is 3. The van der Waals surface area contributed by atoms with Gasteiger partial charge in [-0.1, -0.05) is 0 Å². The first-order chi connectivity index (χ1) is 9.57. The van der Waals surface area contributed by atoms with E-state index in [1.54, 1.807) is 20.2 Å². The highest BCUT2D eigenvalue weighted by molar-refractivity contribution is 14.0. The van der Waals surface area contributed by atoms with Gasteiger partial charge in [-0.05, 0) is 25.5 Å². The first-order valence-corrected chi connectivity index (χ1v) is 8.17. The number of halogens is 1. The van der Waals surface area contributed by atoms with E-state index in [0.29, 0.717) is 32.0 Å². The molecule has 21 heavy (non-hydrogen) atoms. The fraction of sp³-hybridized carbons (Fsp3) is 0.583. The molecular formula is C12H23IN4O3S. The Morgan fingerprint density at radius 3 is 2.67 bits per heavy atom. The fourth-order valence-electron chi connectivity index (χ4n) is 1.43. The van der Waals surface area contributed by atoms with Crippen LogP contribution in [0.1, 0.15) is 19.1 Å². The quantitative estimate of drug-likeness (QED) is 0.247. The largest absolute Gasteiger partial charge is 0.467 e. The second-order valence-electron chi connectivity index (χ2n) is 4.08. The molecule has 1 aromatic rings. The Balaban J connectivity index is 0.00000400. The Kier molecular flexibility index (Phi) is 10.4. The van der Waals surface area contributed by atoms with E-state index in [-0.39, 0.29) is 29.7 Å². The highest BCUT2D eigenvalue weighted by Gasteiger charge is 2.04. The van der Waals surface area contributed by atoms with Crippen molar-refractivity contribution in [1.29, 1.82) is 0 Å². The van der Waals surface area contributed by atoms with Crippen LogP contribution in [0.3, 0.4) is 0 Å². The van der Waals surface area contributed by atoms with Crippen LogP contribution in [0, 0.1) is 0 Å². The maximum atomic E-state index is 11.2. The molecule has 1 heterocycles. The molecule has 1 rings (SSSR count). The number of nitrogens with one attached hydrogen (secondary N) is 3. The summed E-state index contributed by atoms with van der Waals surface area (Å²) >= 11 is 0. The topological polar surface area (TPSA) is 95.7 Å². The van der Waals surface area contributed by atoms with Crippen LogP contribution in [0.15, 0.2) is 27.8 Å². The maximum absolute atomic E-state index is 11.2. The van der Waals surface area contributed by atoms with E-state index in [2.05, 4.69) is 20.3 Å². The van der Waals surface area contributed by atoms with E-state index in [1.165, 1.54) is 0 Å². The second-order valence-corrected chi connectivity index (χ2v) is 6.18. The molecule has 0 aliphatic carbocycles. The maximum Gasteiger partial charge on any atom is 0.211 e. The van der Waals surface area contributed by atoms with Gasteiger partial charge >= 0.3 is 0 Å². The number of rotatable bonds is 8. The summed E-state index contributed by atoms with van der Waals surface area (Å²) in [6.45, 7) is 3.21. The van der Waals surface area contributed by atoms with Gasteiger partial charge < -0.3 is 15.1 Å². The van der Waals surface area contributed by atoms with Crippen LogP contribution in [0.2, 0.25) is 0 Å². The highest BCUT2D eigenvalue weighted by atomic mass is 127. The molecule has 0 radical (unpaired) electrons. The summed E-state index contributed by atoms with van der Waals surface area (Å²) in [5.74, 6) is 1.58. The molecule has 0 spiro atoms. The zero-order chi connectivity index (χ0) is 14.8. The van der Waals surface area contributed by atoms with Gasteiger partial charge in [0, 0.05) is 20.1 Å². The van der Waals surface area contributed by atoms with Crippen LogP contribution in [0.4, 0.5) is 0 Å². The molecular weight excluding hydrogens is 407 g/mol. The molecule has 7 nitrogen and oxygen atoms in total. The summed E-state index contributed by atoms with van der Waals surface area (Å²) in [5.41, 5.74) is 0. The lowest BCUT2D eigenvalue weighted by Gasteiger charge is -2.11. The molecule has 0 saturated heterocycles. The Hall–Kier alpha value is -0.810. The van der Waals surface area contributed by atoms with Crippen LogP contribution >= 0.6 is 24.0 Å².